The van der Waals surface area contributed by atoms with Crippen LogP contribution in [-0.2, 0) is 19.1 Å². The molecule has 0 heterocycles. The van der Waals surface area contributed by atoms with E-state index in [4.69, 9.17) is 9.47 Å². The van der Waals surface area contributed by atoms with Crippen molar-refractivity contribution >= 4 is 11.9 Å². The van der Waals surface area contributed by atoms with Gasteiger partial charge in [0.15, 0.2) is 0 Å². The molecule has 0 aliphatic rings. The quantitative estimate of drug-likeness (QED) is 0.0681. The summed E-state index contributed by atoms with van der Waals surface area (Å²) in [7, 11) is 4.02. The Morgan fingerprint density at radius 2 is 1.03 bits per heavy atom. The highest BCUT2D eigenvalue weighted by atomic mass is 16.6. The van der Waals surface area contributed by atoms with Gasteiger partial charge >= 0.3 is 11.9 Å². The zero-order valence-corrected chi connectivity index (χ0v) is 26.9. The Morgan fingerprint density at radius 1 is 0.590 bits per heavy atom. The Kier molecular flexibility index (Phi) is 27.6. The average Bonchev–Trinajstić information content (AvgIpc) is 2.91. The third-order valence-corrected chi connectivity index (χ3v) is 7.72. The van der Waals surface area contributed by atoms with Crippen molar-refractivity contribution in [2.75, 3.05) is 27.2 Å². The zero-order valence-electron chi connectivity index (χ0n) is 26.9. The monoisotopic (exact) mass is 554 g/mol. The molecule has 0 aliphatic heterocycles. The molecule has 5 heteroatoms. The molecular weight excluding hydrogens is 486 g/mol. The van der Waals surface area contributed by atoms with Crippen molar-refractivity contribution in [3.05, 3.63) is 0 Å². The predicted octanol–water partition coefficient (Wildman–Crippen LogP) is 9.65. The van der Waals surface area contributed by atoms with Gasteiger partial charge in [0.1, 0.15) is 12.7 Å². The number of nitrogens with zero attached hydrogens (tertiary/aromatic N) is 1. The van der Waals surface area contributed by atoms with Gasteiger partial charge < -0.3 is 14.4 Å². The molecule has 1 atom stereocenters. The van der Waals surface area contributed by atoms with Gasteiger partial charge in [-0.2, -0.15) is 0 Å². The predicted molar refractivity (Wildman–Crippen MR) is 166 cm³/mol. The second kappa shape index (κ2) is 28.4. The standard InChI is InChI=1S/C34H67NO4/c1-6-9-12-15-17-19-21-25-31(26-22-20-18-16-13-10-7-2)34(37)38-30-32(27-23-14-11-8-3)39-33(36)28-24-29-35(4)5/h31-32H,6-30H2,1-5H3. The Labute approximate surface area is 243 Å². The summed E-state index contributed by atoms with van der Waals surface area (Å²) in [5, 5.41) is 0. The van der Waals surface area contributed by atoms with E-state index in [2.05, 4.69) is 25.7 Å². The SMILES string of the molecule is CCCCCCCCCC(CCCCCCCCC)C(=O)OCC(CCCCCC)OC(=O)CCCN(C)C. The molecule has 5 nitrogen and oxygen atoms in total. The fourth-order valence-electron chi connectivity index (χ4n) is 5.13. The van der Waals surface area contributed by atoms with Crippen molar-refractivity contribution in [3.63, 3.8) is 0 Å². The Bertz CT molecular complexity index is 533. The van der Waals surface area contributed by atoms with Gasteiger partial charge in [-0.3, -0.25) is 9.59 Å². The molecule has 1 unspecified atom stereocenters. The lowest BCUT2D eigenvalue weighted by Crippen LogP contribution is -2.28. The Balaban J connectivity index is 4.78. The van der Waals surface area contributed by atoms with Crippen molar-refractivity contribution in [2.45, 2.75) is 175 Å². The van der Waals surface area contributed by atoms with E-state index in [1.807, 2.05) is 14.1 Å². The maximum Gasteiger partial charge on any atom is 0.309 e. The van der Waals surface area contributed by atoms with E-state index in [1.54, 1.807) is 0 Å². The number of unbranched alkanes of at least 4 members (excludes halogenated alkanes) is 15. The van der Waals surface area contributed by atoms with E-state index < -0.39 is 0 Å². The topological polar surface area (TPSA) is 55.8 Å². The molecule has 0 N–H and O–H groups in total. The van der Waals surface area contributed by atoms with Gasteiger partial charge in [0.05, 0.1) is 5.92 Å². The molecule has 0 saturated carbocycles. The number of carbonyl (C=O) groups excluding carboxylic acids is 2. The van der Waals surface area contributed by atoms with Crippen LogP contribution in [0.4, 0.5) is 0 Å². The molecular formula is C34H67NO4. The van der Waals surface area contributed by atoms with Crippen molar-refractivity contribution in [1.29, 1.82) is 0 Å². The Morgan fingerprint density at radius 3 is 1.51 bits per heavy atom. The van der Waals surface area contributed by atoms with Gasteiger partial charge in [-0.1, -0.05) is 130 Å². The number of esters is 2. The van der Waals surface area contributed by atoms with Gasteiger partial charge in [0, 0.05) is 6.42 Å². The summed E-state index contributed by atoms with van der Waals surface area (Å²) in [6, 6.07) is 0. The highest BCUT2D eigenvalue weighted by molar-refractivity contribution is 5.72. The number of hydrogen-bond acceptors (Lipinski definition) is 5. The van der Waals surface area contributed by atoms with E-state index in [0.29, 0.717) is 6.42 Å². The Hall–Kier alpha value is -1.10. The first-order chi connectivity index (χ1) is 18.9. The van der Waals surface area contributed by atoms with Crippen LogP contribution in [0, 0.1) is 5.92 Å². The lowest BCUT2D eigenvalue weighted by atomic mass is 9.94. The molecule has 0 bridgehead atoms. The summed E-state index contributed by atoms with van der Waals surface area (Å²) in [4.78, 5) is 27.7. The molecule has 0 radical (unpaired) electrons. The first kappa shape index (κ1) is 37.9. The average molecular weight is 554 g/mol. The number of carbonyl (C=O) groups is 2. The van der Waals surface area contributed by atoms with Crippen molar-refractivity contribution in [1.82, 2.24) is 4.90 Å². The molecule has 0 saturated heterocycles. The van der Waals surface area contributed by atoms with Crippen LogP contribution in [0.5, 0.6) is 0 Å². The number of hydrogen-bond donors (Lipinski definition) is 0. The smallest absolute Gasteiger partial charge is 0.309 e. The van der Waals surface area contributed by atoms with Crippen LogP contribution in [0.15, 0.2) is 0 Å². The molecule has 0 amide bonds. The molecule has 0 aromatic heterocycles. The van der Waals surface area contributed by atoms with Crippen molar-refractivity contribution < 1.29 is 19.1 Å². The van der Waals surface area contributed by atoms with Crippen LogP contribution in [0.3, 0.4) is 0 Å². The minimum absolute atomic E-state index is 0.0205. The van der Waals surface area contributed by atoms with Crippen LogP contribution in [-0.4, -0.2) is 50.2 Å². The summed E-state index contributed by atoms with van der Waals surface area (Å²) in [6.45, 7) is 7.77. The summed E-state index contributed by atoms with van der Waals surface area (Å²) in [5.74, 6) is -0.266. The van der Waals surface area contributed by atoms with E-state index in [9.17, 15) is 9.59 Å². The van der Waals surface area contributed by atoms with E-state index >= 15 is 0 Å². The third-order valence-electron chi connectivity index (χ3n) is 7.72. The molecule has 0 fully saturated rings. The third kappa shape index (κ3) is 25.6. The van der Waals surface area contributed by atoms with E-state index in [0.717, 1.165) is 57.9 Å². The maximum absolute atomic E-state index is 13.2. The van der Waals surface area contributed by atoms with Crippen LogP contribution in [0.2, 0.25) is 0 Å². The molecule has 0 aliphatic carbocycles. The lowest BCUT2D eigenvalue weighted by Gasteiger charge is -2.21. The molecule has 0 aromatic carbocycles. The number of ether oxygens (including phenoxy) is 2. The van der Waals surface area contributed by atoms with Crippen LogP contribution in [0.1, 0.15) is 168 Å². The molecule has 232 valence electrons. The van der Waals surface area contributed by atoms with Gasteiger partial charge in [0.25, 0.3) is 0 Å². The van der Waals surface area contributed by atoms with Gasteiger partial charge in [-0.15, -0.1) is 0 Å². The van der Waals surface area contributed by atoms with E-state index in [1.165, 1.54) is 89.9 Å². The summed E-state index contributed by atoms with van der Waals surface area (Å²) < 4.78 is 11.7. The first-order valence-corrected chi connectivity index (χ1v) is 16.9. The molecule has 0 spiro atoms. The lowest BCUT2D eigenvalue weighted by molar-refractivity contribution is -0.162. The van der Waals surface area contributed by atoms with Crippen molar-refractivity contribution in [2.24, 2.45) is 5.92 Å². The van der Waals surface area contributed by atoms with Gasteiger partial charge in [-0.05, 0) is 52.7 Å². The highest BCUT2D eigenvalue weighted by Crippen LogP contribution is 2.22. The second-order valence-corrected chi connectivity index (χ2v) is 12.0. The maximum atomic E-state index is 13.2. The molecule has 0 rings (SSSR count). The minimum Gasteiger partial charge on any atom is -0.462 e. The normalized spacial score (nSPS) is 12.3. The first-order valence-electron chi connectivity index (χ1n) is 16.9. The fourth-order valence-corrected chi connectivity index (χ4v) is 5.13. The summed E-state index contributed by atoms with van der Waals surface area (Å²) in [6.07, 6.45) is 25.6. The van der Waals surface area contributed by atoms with Crippen LogP contribution in [0.25, 0.3) is 0 Å². The summed E-state index contributed by atoms with van der Waals surface area (Å²) in [5.41, 5.74) is 0. The van der Waals surface area contributed by atoms with Gasteiger partial charge in [-0.25, -0.2) is 0 Å². The second-order valence-electron chi connectivity index (χ2n) is 12.0. The highest BCUT2D eigenvalue weighted by Gasteiger charge is 2.22. The zero-order chi connectivity index (χ0) is 29.0. The van der Waals surface area contributed by atoms with Gasteiger partial charge in [0.2, 0.25) is 0 Å². The number of rotatable bonds is 29. The van der Waals surface area contributed by atoms with E-state index in [-0.39, 0.29) is 30.6 Å². The fraction of sp³-hybridized carbons (Fsp3) is 0.941. The minimum atomic E-state index is -0.324. The molecule has 39 heavy (non-hydrogen) atoms. The largest absolute Gasteiger partial charge is 0.462 e. The van der Waals surface area contributed by atoms with Crippen molar-refractivity contribution in [3.8, 4) is 0 Å². The molecule has 0 aromatic rings. The summed E-state index contributed by atoms with van der Waals surface area (Å²) >= 11 is 0. The van der Waals surface area contributed by atoms with Crippen LogP contribution >= 0.6 is 0 Å². The van der Waals surface area contributed by atoms with Crippen LogP contribution < -0.4 is 0 Å².